The summed E-state index contributed by atoms with van der Waals surface area (Å²) in [5.74, 6) is -0.629. The van der Waals surface area contributed by atoms with E-state index in [4.69, 9.17) is 0 Å². The quantitative estimate of drug-likeness (QED) is 0.701. The third-order valence-electron chi connectivity index (χ3n) is 3.98. The van der Waals surface area contributed by atoms with Crippen molar-refractivity contribution < 1.29 is 26.4 Å². The zero-order valence-corrected chi connectivity index (χ0v) is 16.8. The van der Waals surface area contributed by atoms with Gasteiger partial charge in [-0.15, -0.1) is 0 Å². The molecule has 2 aromatic carbocycles. The molecule has 0 spiro atoms. The van der Waals surface area contributed by atoms with E-state index in [0.29, 0.717) is 12.0 Å². The zero-order valence-electron chi connectivity index (χ0n) is 15.2. The lowest BCUT2D eigenvalue weighted by molar-refractivity contribution is 0.0600. The van der Waals surface area contributed by atoms with Gasteiger partial charge in [0.15, 0.2) is 9.84 Å². The Balaban J connectivity index is 2.31. The van der Waals surface area contributed by atoms with Crippen LogP contribution in [0.4, 0.5) is 0 Å². The highest BCUT2D eigenvalue weighted by molar-refractivity contribution is 7.90. The summed E-state index contributed by atoms with van der Waals surface area (Å²) < 4.78 is 55.7. The molecule has 9 heteroatoms. The molecule has 0 aliphatic carbocycles. The second-order valence-corrected chi connectivity index (χ2v) is 9.67. The predicted molar refractivity (Wildman–Crippen MR) is 101 cm³/mol. The Bertz CT molecular complexity index is 1030. The van der Waals surface area contributed by atoms with Crippen LogP contribution >= 0.6 is 0 Å². The Labute approximate surface area is 159 Å². The molecule has 0 aliphatic heterocycles. The topological polar surface area (TPSA) is 107 Å². The molecule has 0 amide bonds. The van der Waals surface area contributed by atoms with Crippen molar-refractivity contribution in [3.05, 3.63) is 59.7 Å². The van der Waals surface area contributed by atoms with E-state index in [9.17, 15) is 21.6 Å². The molecule has 27 heavy (non-hydrogen) atoms. The molecule has 0 heterocycles. The van der Waals surface area contributed by atoms with E-state index in [1.54, 1.807) is 12.1 Å². The van der Waals surface area contributed by atoms with Crippen molar-refractivity contribution in [3.8, 4) is 0 Å². The van der Waals surface area contributed by atoms with Crippen molar-refractivity contribution in [1.29, 1.82) is 0 Å². The number of carbonyl (C=O) groups is 1. The lowest BCUT2D eigenvalue weighted by atomic mass is 10.1. The van der Waals surface area contributed by atoms with Crippen LogP contribution in [0.3, 0.4) is 0 Å². The van der Waals surface area contributed by atoms with Crippen molar-refractivity contribution in [3.63, 3.8) is 0 Å². The van der Waals surface area contributed by atoms with E-state index >= 15 is 0 Å². The molecule has 1 atom stereocenters. The van der Waals surface area contributed by atoms with Gasteiger partial charge in [-0.05, 0) is 42.3 Å². The van der Waals surface area contributed by atoms with Crippen LogP contribution < -0.4 is 4.72 Å². The minimum Gasteiger partial charge on any atom is -0.465 e. The molecule has 2 aromatic rings. The molecule has 1 N–H and O–H groups in total. The fourth-order valence-corrected chi connectivity index (χ4v) is 4.48. The maximum atomic E-state index is 12.7. The first-order valence-corrected chi connectivity index (χ1v) is 11.5. The molecule has 146 valence electrons. The molecule has 1 unspecified atom stereocenters. The smallest absolute Gasteiger partial charge is 0.337 e. The lowest BCUT2D eigenvalue weighted by Crippen LogP contribution is -2.28. The monoisotopic (exact) mass is 411 g/mol. The Morgan fingerprint density at radius 2 is 1.67 bits per heavy atom. The molecular formula is C18H21NO6S2. The lowest BCUT2D eigenvalue weighted by Gasteiger charge is -2.18. The number of ether oxygens (including phenoxy) is 1. The van der Waals surface area contributed by atoms with Gasteiger partial charge >= 0.3 is 5.97 Å². The van der Waals surface area contributed by atoms with E-state index in [1.165, 1.54) is 43.5 Å². The minimum absolute atomic E-state index is 0.0587. The van der Waals surface area contributed by atoms with Crippen molar-refractivity contribution in [2.24, 2.45) is 0 Å². The highest BCUT2D eigenvalue weighted by Crippen LogP contribution is 2.22. The van der Waals surface area contributed by atoms with Gasteiger partial charge in [0.05, 0.1) is 22.5 Å². The Morgan fingerprint density at radius 3 is 2.19 bits per heavy atom. The van der Waals surface area contributed by atoms with Crippen LogP contribution in [0.2, 0.25) is 0 Å². The third-order valence-corrected chi connectivity index (χ3v) is 6.58. The summed E-state index contributed by atoms with van der Waals surface area (Å²) in [5, 5.41) is 0. The van der Waals surface area contributed by atoms with Crippen LogP contribution in [0.1, 0.15) is 35.3 Å². The number of carbonyl (C=O) groups excluding carboxylic acids is 1. The molecule has 0 fully saturated rings. The molecule has 0 saturated carbocycles. The average molecular weight is 412 g/mol. The molecule has 0 radical (unpaired) electrons. The molecular weight excluding hydrogens is 390 g/mol. The first-order chi connectivity index (χ1) is 12.6. The molecule has 7 nitrogen and oxygen atoms in total. The Morgan fingerprint density at radius 1 is 1.04 bits per heavy atom. The van der Waals surface area contributed by atoms with E-state index in [-0.39, 0.29) is 15.4 Å². The number of sulfone groups is 1. The summed E-state index contributed by atoms with van der Waals surface area (Å²) in [5.41, 5.74) is 0.767. The maximum Gasteiger partial charge on any atom is 0.337 e. The fraction of sp³-hybridized carbons (Fsp3) is 0.278. The third kappa shape index (κ3) is 5.15. The highest BCUT2D eigenvalue weighted by Gasteiger charge is 2.22. The fourth-order valence-electron chi connectivity index (χ4n) is 2.50. The standard InChI is InChI=1S/C18H21NO6S2/c1-4-17(13-8-10-15(11-9-13)26(3,21)22)19-27(23,24)16-7-5-6-14(12-16)18(20)25-2/h5-12,17,19H,4H2,1-3H3. The number of hydrogen-bond acceptors (Lipinski definition) is 6. The normalized spacial score (nSPS) is 13.1. The van der Waals surface area contributed by atoms with Crippen LogP contribution in [-0.4, -0.2) is 36.2 Å². The second-order valence-electron chi connectivity index (χ2n) is 5.94. The summed E-state index contributed by atoms with van der Waals surface area (Å²) in [4.78, 5) is 11.7. The summed E-state index contributed by atoms with van der Waals surface area (Å²) in [6.45, 7) is 1.81. The van der Waals surface area contributed by atoms with E-state index in [1.807, 2.05) is 6.92 Å². The minimum atomic E-state index is -3.90. The van der Waals surface area contributed by atoms with Crippen LogP contribution in [0.15, 0.2) is 58.3 Å². The SMILES string of the molecule is CCC(NS(=O)(=O)c1cccc(C(=O)OC)c1)c1ccc(S(C)(=O)=O)cc1. The number of rotatable bonds is 7. The summed E-state index contributed by atoms with van der Waals surface area (Å²) >= 11 is 0. The summed E-state index contributed by atoms with van der Waals surface area (Å²) in [6.07, 6.45) is 1.56. The highest BCUT2D eigenvalue weighted by atomic mass is 32.2. The Hall–Kier alpha value is -2.23. The maximum absolute atomic E-state index is 12.7. The first kappa shape index (κ1) is 21.1. The van der Waals surface area contributed by atoms with Crippen LogP contribution in [0.25, 0.3) is 0 Å². The molecule has 0 saturated heterocycles. The molecule has 2 rings (SSSR count). The number of sulfonamides is 1. The van der Waals surface area contributed by atoms with Gasteiger partial charge < -0.3 is 4.74 Å². The Kier molecular flexibility index (Phi) is 6.40. The number of methoxy groups -OCH3 is 1. The first-order valence-electron chi connectivity index (χ1n) is 8.09. The van der Waals surface area contributed by atoms with Gasteiger partial charge in [-0.2, -0.15) is 0 Å². The molecule has 0 bridgehead atoms. The van der Waals surface area contributed by atoms with Crippen molar-refractivity contribution in [2.45, 2.75) is 29.2 Å². The second kappa shape index (κ2) is 8.20. The van der Waals surface area contributed by atoms with Gasteiger partial charge in [0.1, 0.15) is 0 Å². The predicted octanol–water partition coefficient (Wildman–Crippen LogP) is 2.31. The van der Waals surface area contributed by atoms with Crippen molar-refractivity contribution in [1.82, 2.24) is 4.72 Å². The van der Waals surface area contributed by atoms with Gasteiger partial charge in [-0.3, -0.25) is 0 Å². The van der Waals surface area contributed by atoms with E-state index in [0.717, 1.165) is 6.26 Å². The average Bonchev–Trinajstić information content (AvgIpc) is 2.65. The van der Waals surface area contributed by atoms with Crippen LogP contribution in [-0.2, 0) is 24.6 Å². The molecule has 0 aromatic heterocycles. The zero-order chi connectivity index (χ0) is 20.2. The molecule has 0 aliphatic rings. The van der Waals surface area contributed by atoms with Gasteiger partial charge in [0.25, 0.3) is 0 Å². The van der Waals surface area contributed by atoms with Crippen molar-refractivity contribution >= 4 is 25.8 Å². The number of esters is 1. The van der Waals surface area contributed by atoms with Gasteiger partial charge in [0, 0.05) is 12.3 Å². The number of hydrogen-bond donors (Lipinski definition) is 1. The summed E-state index contributed by atoms with van der Waals surface area (Å²) in [7, 11) is -6.01. The largest absolute Gasteiger partial charge is 0.465 e. The van der Waals surface area contributed by atoms with E-state index < -0.39 is 31.9 Å². The van der Waals surface area contributed by atoms with E-state index in [2.05, 4.69) is 9.46 Å². The van der Waals surface area contributed by atoms with Crippen molar-refractivity contribution in [2.75, 3.05) is 13.4 Å². The van der Waals surface area contributed by atoms with Crippen LogP contribution in [0, 0.1) is 0 Å². The van der Waals surface area contributed by atoms with Gasteiger partial charge in [-0.25, -0.2) is 26.4 Å². The summed E-state index contributed by atoms with van der Waals surface area (Å²) in [6, 6.07) is 11.1. The van der Waals surface area contributed by atoms with Gasteiger partial charge in [-0.1, -0.05) is 25.1 Å². The van der Waals surface area contributed by atoms with Gasteiger partial charge in [0.2, 0.25) is 10.0 Å². The number of benzene rings is 2. The van der Waals surface area contributed by atoms with Crippen LogP contribution in [0.5, 0.6) is 0 Å². The number of nitrogens with one attached hydrogen (secondary N) is 1.